The van der Waals surface area contributed by atoms with Gasteiger partial charge in [-0.15, -0.1) is 0 Å². The Hall–Kier alpha value is -7.38. The number of aliphatic imine (C=N–C) groups is 2. The molecule has 0 fully saturated rings. The van der Waals surface area contributed by atoms with Gasteiger partial charge in [0.05, 0.1) is 22.7 Å². The molecule has 2 amide bonds. The maximum atomic E-state index is 13.2. The number of fused-ring (bicyclic) bond motifs is 2. The van der Waals surface area contributed by atoms with Gasteiger partial charge in [0.15, 0.2) is 0 Å². The molecule has 0 aromatic heterocycles. The molecule has 7 nitrogen and oxygen atoms in total. The number of aryl methyl sites for hydroxylation is 1. The molecule has 2 aliphatic heterocycles. The first-order valence-corrected chi connectivity index (χ1v) is 17.6. The van der Waals surface area contributed by atoms with Crippen LogP contribution in [0.2, 0.25) is 0 Å². The van der Waals surface area contributed by atoms with Gasteiger partial charge in [-0.2, -0.15) is 0 Å². The van der Waals surface area contributed by atoms with E-state index in [0.717, 1.165) is 45.3 Å². The number of benzene rings is 7. The number of hydrogen-bond donors (Lipinski definition) is 0. The summed E-state index contributed by atoms with van der Waals surface area (Å²) >= 11 is 0. The van der Waals surface area contributed by atoms with E-state index in [-0.39, 0.29) is 11.8 Å². The van der Waals surface area contributed by atoms with Crippen molar-refractivity contribution in [3.05, 3.63) is 205 Å². The Morgan fingerprint density at radius 2 is 0.778 bits per heavy atom. The Kier molecular flexibility index (Phi) is 9.42. The molecule has 0 unspecified atom stereocenters. The van der Waals surface area contributed by atoms with Crippen LogP contribution in [0.1, 0.15) is 16.7 Å². The van der Waals surface area contributed by atoms with Gasteiger partial charge >= 0.3 is 0 Å². The van der Waals surface area contributed by atoms with Crippen LogP contribution in [0.15, 0.2) is 198 Å². The minimum Gasteiger partial charge on any atom is -0.457 e. The van der Waals surface area contributed by atoms with Crippen LogP contribution >= 0.6 is 0 Å². The number of ether oxygens (including phenoxy) is 1. The molecular formula is C47H34N4O3. The fourth-order valence-electron chi connectivity index (χ4n) is 6.37. The molecule has 2 aliphatic rings. The van der Waals surface area contributed by atoms with Crippen molar-refractivity contribution in [2.24, 2.45) is 9.98 Å². The van der Waals surface area contributed by atoms with Gasteiger partial charge in [-0.3, -0.25) is 19.4 Å². The molecule has 0 spiro atoms. The highest BCUT2D eigenvalue weighted by molar-refractivity contribution is 6.56. The van der Waals surface area contributed by atoms with Crippen LogP contribution in [0.4, 0.5) is 34.1 Å². The topological polar surface area (TPSA) is 74.6 Å². The van der Waals surface area contributed by atoms with Gasteiger partial charge in [0.25, 0.3) is 11.8 Å². The second-order valence-corrected chi connectivity index (χ2v) is 12.7. The lowest BCUT2D eigenvalue weighted by atomic mass is 10.1. The van der Waals surface area contributed by atoms with E-state index in [1.54, 1.807) is 9.80 Å². The first-order valence-electron chi connectivity index (χ1n) is 17.6. The monoisotopic (exact) mass is 702 g/mol. The fraction of sp³-hybridized carbons (Fsp3) is 0.0213. The average molecular weight is 703 g/mol. The normalized spacial score (nSPS) is 14.5. The first kappa shape index (κ1) is 33.7. The molecule has 0 aliphatic carbocycles. The lowest BCUT2D eigenvalue weighted by Gasteiger charge is -2.16. The standard InChI is InChI=1S/C26H18N2O2.C21H16N2O/c29-26-25(23-13-7-8-14-24(23)28(26)20-9-3-1-4-10-20)27-19-15-17-22(18-16-19)30-21-11-5-2-6-12-21;1-15-11-13-16(14-12-15)22-20-18-9-5-6-10-19(18)23(21(20)24)17-7-3-2-4-8-17/h1-18H;2-14H,1H3. The molecule has 7 aromatic carbocycles. The first-order chi connectivity index (χ1) is 26.5. The van der Waals surface area contributed by atoms with Crippen LogP contribution in [-0.2, 0) is 9.59 Å². The molecule has 0 atom stereocenters. The highest BCUT2D eigenvalue weighted by atomic mass is 16.5. The van der Waals surface area contributed by atoms with Gasteiger partial charge in [-0.05, 0) is 91.9 Å². The molecule has 7 aromatic rings. The van der Waals surface area contributed by atoms with Crippen molar-refractivity contribution in [3.8, 4) is 11.5 Å². The van der Waals surface area contributed by atoms with Crippen LogP contribution in [0.5, 0.6) is 11.5 Å². The maximum absolute atomic E-state index is 13.2. The summed E-state index contributed by atoms with van der Waals surface area (Å²) in [5.74, 6) is 1.26. The van der Waals surface area contributed by atoms with E-state index in [9.17, 15) is 9.59 Å². The van der Waals surface area contributed by atoms with Crippen LogP contribution in [-0.4, -0.2) is 23.2 Å². The average Bonchev–Trinajstić information content (AvgIpc) is 3.66. The van der Waals surface area contributed by atoms with Crippen LogP contribution < -0.4 is 14.5 Å². The summed E-state index contributed by atoms with van der Waals surface area (Å²) in [6.07, 6.45) is 0. The van der Waals surface area contributed by atoms with E-state index in [4.69, 9.17) is 4.74 Å². The third-order valence-corrected chi connectivity index (χ3v) is 8.97. The van der Waals surface area contributed by atoms with Crippen molar-refractivity contribution < 1.29 is 14.3 Å². The van der Waals surface area contributed by atoms with Gasteiger partial charge in [-0.25, -0.2) is 9.98 Å². The predicted octanol–water partition coefficient (Wildman–Crippen LogP) is 11.1. The van der Waals surface area contributed by atoms with Crippen molar-refractivity contribution >= 4 is 57.4 Å². The lowest BCUT2D eigenvalue weighted by Crippen LogP contribution is -2.25. The molecule has 0 N–H and O–H groups in total. The van der Waals surface area contributed by atoms with Crippen molar-refractivity contribution in [2.75, 3.05) is 9.80 Å². The van der Waals surface area contributed by atoms with E-state index in [2.05, 4.69) is 9.98 Å². The number of nitrogens with zero attached hydrogens (tertiary/aromatic N) is 4. The summed E-state index contributed by atoms with van der Waals surface area (Å²) in [4.78, 5) is 39.0. The molecular weight excluding hydrogens is 669 g/mol. The molecule has 7 heteroatoms. The van der Waals surface area contributed by atoms with Crippen molar-refractivity contribution in [2.45, 2.75) is 6.92 Å². The number of rotatable bonds is 6. The smallest absolute Gasteiger partial charge is 0.282 e. The Morgan fingerprint density at radius 3 is 1.24 bits per heavy atom. The largest absolute Gasteiger partial charge is 0.457 e. The molecule has 54 heavy (non-hydrogen) atoms. The van der Waals surface area contributed by atoms with Gasteiger partial charge in [0.2, 0.25) is 0 Å². The molecule has 0 saturated carbocycles. The van der Waals surface area contributed by atoms with Crippen molar-refractivity contribution in [1.82, 2.24) is 0 Å². The lowest BCUT2D eigenvalue weighted by molar-refractivity contribution is -0.112. The SMILES string of the molecule is Cc1ccc(N=C2C(=O)N(c3ccccc3)c3ccccc32)cc1.O=C1C(=Nc2ccc(Oc3ccccc3)cc2)c2ccccc2N1c1ccccc1. The van der Waals surface area contributed by atoms with E-state index < -0.39 is 0 Å². The zero-order valence-electron chi connectivity index (χ0n) is 29.4. The summed E-state index contributed by atoms with van der Waals surface area (Å²) in [5.41, 5.74) is 8.67. The predicted molar refractivity (Wildman–Crippen MR) is 217 cm³/mol. The van der Waals surface area contributed by atoms with E-state index in [1.165, 1.54) is 5.56 Å². The maximum Gasteiger partial charge on any atom is 0.282 e. The van der Waals surface area contributed by atoms with E-state index in [0.29, 0.717) is 22.9 Å². The second-order valence-electron chi connectivity index (χ2n) is 12.7. The molecule has 2 heterocycles. The molecule has 0 radical (unpaired) electrons. The second kappa shape index (κ2) is 15.1. The fourth-order valence-corrected chi connectivity index (χ4v) is 6.37. The van der Waals surface area contributed by atoms with Gasteiger partial charge in [-0.1, -0.05) is 109 Å². The van der Waals surface area contributed by atoms with Crippen LogP contribution in [0.25, 0.3) is 0 Å². The summed E-state index contributed by atoms with van der Waals surface area (Å²) < 4.78 is 5.83. The van der Waals surface area contributed by atoms with Crippen LogP contribution in [0.3, 0.4) is 0 Å². The minimum absolute atomic E-state index is 0.0945. The Labute approximate surface area is 313 Å². The number of carbonyl (C=O) groups excluding carboxylic acids is 2. The van der Waals surface area contributed by atoms with Gasteiger partial charge < -0.3 is 4.74 Å². The molecule has 0 bridgehead atoms. The third-order valence-electron chi connectivity index (χ3n) is 8.97. The van der Waals surface area contributed by atoms with E-state index >= 15 is 0 Å². The summed E-state index contributed by atoms with van der Waals surface area (Å²) in [5, 5.41) is 0. The minimum atomic E-state index is -0.132. The van der Waals surface area contributed by atoms with Gasteiger partial charge in [0.1, 0.15) is 22.9 Å². The highest BCUT2D eigenvalue weighted by Crippen LogP contribution is 2.38. The Bertz CT molecular complexity index is 2500. The third kappa shape index (κ3) is 6.94. The Morgan fingerprint density at radius 1 is 0.407 bits per heavy atom. The Balaban J connectivity index is 0.000000157. The number of carbonyl (C=O) groups is 2. The summed E-state index contributed by atoms with van der Waals surface area (Å²) in [7, 11) is 0. The summed E-state index contributed by atoms with van der Waals surface area (Å²) in [6.45, 7) is 2.03. The number of amides is 2. The number of hydrogen-bond acceptors (Lipinski definition) is 5. The quantitative estimate of drug-likeness (QED) is 0.173. The van der Waals surface area contributed by atoms with Crippen molar-refractivity contribution in [3.63, 3.8) is 0 Å². The van der Waals surface area contributed by atoms with Crippen molar-refractivity contribution in [1.29, 1.82) is 0 Å². The zero-order chi connectivity index (χ0) is 36.9. The number of para-hydroxylation sites is 5. The molecule has 0 saturated heterocycles. The molecule has 260 valence electrons. The van der Waals surface area contributed by atoms with E-state index in [1.807, 2.05) is 195 Å². The summed E-state index contributed by atoms with van der Waals surface area (Å²) in [6, 6.07) is 59.7. The number of anilines is 4. The zero-order valence-corrected chi connectivity index (χ0v) is 29.4. The molecule has 9 rings (SSSR count). The highest BCUT2D eigenvalue weighted by Gasteiger charge is 2.35. The van der Waals surface area contributed by atoms with Gasteiger partial charge in [0, 0.05) is 22.5 Å². The van der Waals surface area contributed by atoms with Crippen LogP contribution in [0, 0.1) is 6.92 Å².